The molecule has 3 atom stereocenters. The molecule has 29 heavy (non-hydrogen) atoms. The fourth-order valence-electron chi connectivity index (χ4n) is 2.44. The van der Waals surface area contributed by atoms with E-state index in [0.717, 1.165) is 5.75 Å². The molecule has 0 radical (unpaired) electrons. The lowest BCUT2D eigenvalue weighted by Crippen LogP contribution is -2.54. The van der Waals surface area contributed by atoms with Gasteiger partial charge in [0, 0.05) is 0 Å². The zero-order valence-electron chi connectivity index (χ0n) is 17.4. The first-order chi connectivity index (χ1) is 13.6. The van der Waals surface area contributed by atoms with Crippen molar-refractivity contribution in [3.8, 4) is 0 Å². The Morgan fingerprint density at radius 3 is 2.21 bits per heavy atom. The first-order valence-corrected chi connectivity index (χ1v) is 11.1. The fourth-order valence-corrected chi connectivity index (χ4v) is 2.93. The molecule has 0 rings (SSSR count). The number of carboxylic acids is 1. The lowest BCUT2D eigenvalue weighted by Gasteiger charge is -2.21. The molecule has 0 spiro atoms. The highest BCUT2D eigenvalue weighted by atomic mass is 32.2. The second-order valence-corrected chi connectivity index (χ2v) is 8.06. The molecule has 0 aliphatic carbocycles. The van der Waals surface area contributed by atoms with E-state index < -0.39 is 48.4 Å². The highest BCUT2D eigenvalue weighted by molar-refractivity contribution is 7.98. The third-order valence-corrected chi connectivity index (χ3v) is 4.87. The molecule has 0 saturated carbocycles. The van der Waals surface area contributed by atoms with E-state index in [1.54, 1.807) is 25.6 Å². The van der Waals surface area contributed by atoms with E-state index in [9.17, 15) is 19.2 Å². The third-order valence-electron chi connectivity index (χ3n) is 4.22. The Kier molecular flexibility index (Phi) is 14.1. The summed E-state index contributed by atoms with van der Waals surface area (Å²) in [6, 6.07) is -2.62. The predicted octanol–water partition coefficient (Wildman–Crippen LogP) is -0.978. The maximum absolute atomic E-state index is 12.5. The van der Waals surface area contributed by atoms with Crippen molar-refractivity contribution in [2.75, 3.05) is 25.1 Å². The van der Waals surface area contributed by atoms with Crippen LogP contribution in [0.15, 0.2) is 0 Å². The number of thioether (sulfide) groups is 1. The molecule has 0 aromatic carbocycles. The highest BCUT2D eigenvalue weighted by Crippen LogP contribution is 2.04. The van der Waals surface area contributed by atoms with Crippen molar-refractivity contribution in [1.82, 2.24) is 16.0 Å². The summed E-state index contributed by atoms with van der Waals surface area (Å²) in [5.41, 5.74) is 11.3. The summed E-state index contributed by atoms with van der Waals surface area (Å²) in [6.07, 6.45) is 4.06. The molecule has 0 fully saturated rings. The zero-order valence-corrected chi connectivity index (χ0v) is 18.2. The minimum Gasteiger partial charge on any atom is -0.480 e. The normalized spacial score (nSPS) is 14.0. The average molecular weight is 434 g/mol. The van der Waals surface area contributed by atoms with Crippen LogP contribution >= 0.6 is 11.8 Å². The molecule has 0 aromatic heterocycles. The maximum atomic E-state index is 12.5. The molecule has 0 aliphatic heterocycles. The van der Waals surface area contributed by atoms with Crippen molar-refractivity contribution in [3.05, 3.63) is 0 Å². The molecule has 11 heteroatoms. The molecular formula is C18H35N5O5S. The number of carboxylic acid groups (broad SMARTS) is 1. The number of aliphatic carboxylic acids is 1. The lowest BCUT2D eigenvalue weighted by molar-refractivity contribution is -0.143. The Balaban J connectivity index is 4.79. The van der Waals surface area contributed by atoms with Crippen LogP contribution < -0.4 is 27.4 Å². The average Bonchev–Trinajstić information content (AvgIpc) is 2.66. The number of carbonyl (C=O) groups is 4. The van der Waals surface area contributed by atoms with E-state index in [1.165, 1.54) is 0 Å². The van der Waals surface area contributed by atoms with Crippen LogP contribution in [0.5, 0.6) is 0 Å². The van der Waals surface area contributed by atoms with Crippen LogP contribution in [0.4, 0.5) is 0 Å². The van der Waals surface area contributed by atoms with Crippen LogP contribution in [0.3, 0.4) is 0 Å². The Hall–Kier alpha value is -1.85. The molecule has 0 saturated heterocycles. The number of unbranched alkanes of at least 4 members (excludes halogenated alkanes) is 1. The van der Waals surface area contributed by atoms with Crippen LogP contribution in [0, 0.1) is 5.92 Å². The van der Waals surface area contributed by atoms with Gasteiger partial charge in [-0.2, -0.15) is 11.8 Å². The van der Waals surface area contributed by atoms with Crippen molar-refractivity contribution in [3.63, 3.8) is 0 Å². The monoisotopic (exact) mass is 433 g/mol. The topological polar surface area (TPSA) is 177 Å². The molecule has 3 unspecified atom stereocenters. The van der Waals surface area contributed by atoms with Crippen molar-refractivity contribution in [2.45, 2.75) is 57.7 Å². The van der Waals surface area contributed by atoms with E-state index in [2.05, 4.69) is 16.0 Å². The van der Waals surface area contributed by atoms with Crippen LogP contribution in [0.2, 0.25) is 0 Å². The van der Waals surface area contributed by atoms with Crippen molar-refractivity contribution >= 4 is 35.5 Å². The van der Waals surface area contributed by atoms with Gasteiger partial charge in [0.1, 0.15) is 12.1 Å². The molecule has 3 amide bonds. The quantitative estimate of drug-likeness (QED) is 0.179. The second kappa shape index (κ2) is 15.1. The molecule has 10 nitrogen and oxygen atoms in total. The van der Waals surface area contributed by atoms with E-state index in [4.69, 9.17) is 16.6 Å². The molecule has 0 bridgehead atoms. The Morgan fingerprint density at radius 1 is 1.03 bits per heavy atom. The number of rotatable bonds is 15. The molecule has 0 heterocycles. The van der Waals surface area contributed by atoms with Crippen LogP contribution in [-0.4, -0.2) is 72.0 Å². The molecule has 0 aromatic rings. The minimum absolute atomic E-state index is 0.307. The molecule has 0 aliphatic rings. The van der Waals surface area contributed by atoms with Crippen LogP contribution in [0.1, 0.15) is 39.5 Å². The third kappa shape index (κ3) is 11.7. The second-order valence-electron chi connectivity index (χ2n) is 7.08. The Bertz CT molecular complexity index is 547. The van der Waals surface area contributed by atoms with Gasteiger partial charge in [-0.15, -0.1) is 0 Å². The number of amides is 3. The number of hydrogen-bond acceptors (Lipinski definition) is 7. The summed E-state index contributed by atoms with van der Waals surface area (Å²) in [5.74, 6) is -2.31. The summed E-state index contributed by atoms with van der Waals surface area (Å²) < 4.78 is 0. The van der Waals surface area contributed by atoms with E-state index in [1.807, 2.05) is 6.26 Å². The summed E-state index contributed by atoms with van der Waals surface area (Å²) in [7, 11) is 0. The van der Waals surface area contributed by atoms with Crippen molar-refractivity contribution < 1.29 is 24.3 Å². The van der Waals surface area contributed by atoms with E-state index >= 15 is 0 Å². The lowest BCUT2D eigenvalue weighted by atomic mass is 10.0. The highest BCUT2D eigenvalue weighted by Gasteiger charge is 2.26. The SMILES string of the molecule is CSCCC(N)C(=O)NC(CCCCN)C(=O)NCC(=O)NC(C(=O)O)C(C)C. The van der Waals surface area contributed by atoms with Gasteiger partial charge < -0.3 is 32.5 Å². The van der Waals surface area contributed by atoms with Crippen molar-refractivity contribution in [1.29, 1.82) is 0 Å². The molecule has 168 valence electrons. The van der Waals surface area contributed by atoms with Gasteiger partial charge in [0.05, 0.1) is 12.6 Å². The van der Waals surface area contributed by atoms with Crippen LogP contribution in [0.25, 0.3) is 0 Å². The van der Waals surface area contributed by atoms with Crippen LogP contribution in [-0.2, 0) is 19.2 Å². The predicted molar refractivity (Wildman–Crippen MR) is 113 cm³/mol. The first-order valence-electron chi connectivity index (χ1n) is 9.68. The maximum Gasteiger partial charge on any atom is 0.326 e. The summed E-state index contributed by atoms with van der Waals surface area (Å²) in [6.45, 7) is 3.41. The summed E-state index contributed by atoms with van der Waals surface area (Å²) >= 11 is 1.57. The number of nitrogens with two attached hydrogens (primary N) is 2. The smallest absolute Gasteiger partial charge is 0.326 e. The van der Waals surface area contributed by atoms with Crippen molar-refractivity contribution in [2.24, 2.45) is 17.4 Å². The number of carbonyl (C=O) groups excluding carboxylic acids is 3. The van der Waals surface area contributed by atoms with Gasteiger partial charge >= 0.3 is 5.97 Å². The number of hydrogen-bond donors (Lipinski definition) is 6. The summed E-state index contributed by atoms with van der Waals surface area (Å²) in [5, 5.41) is 16.6. The van der Waals surface area contributed by atoms with Gasteiger partial charge in [-0.05, 0) is 50.2 Å². The van der Waals surface area contributed by atoms with Gasteiger partial charge in [0.15, 0.2) is 0 Å². The van der Waals surface area contributed by atoms with Gasteiger partial charge in [0.25, 0.3) is 0 Å². The summed E-state index contributed by atoms with van der Waals surface area (Å²) in [4.78, 5) is 47.8. The number of nitrogens with one attached hydrogen (secondary N) is 3. The first kappa shape index (κ1) is 27.1. The standard InChI is InChI=1S/C18H35N5O5S/c1-11(2)15(18(27)28)23-14(24)10-21-17(26)13(6-4-5-8-19)22-16(25)12(20)7-9-29-3/h11-13,15H,4-10,19-20H2,1-3H3,(H,21,26)(H,22,25)(H,23,24)(H,27,28). The zero-order chi connectivity index (χ0) is 22.4. The Labute approximate surface area is 176 Å². The largest absolute Gasteiger partial charge is 0.480 e. The molecule has 8 N–H and O–H groups in total. The fraction of sp³-hybridized carbons (Fsp3) is 0.778. The van der Waals surface area contributed by atoms with E-state index in [0.29, 0.717) is 32.2 Å². The van der Waals surface area contributed by atoms with E-state index in [-0.39, 0.29) is 5.92 Å². The molecular weight excluding hydrogens is 398 g/mol. The minimum atomic E-state index is -1.15. The van der Waals surface area contributed by atoms with Gasteiger partial charge in [-0.25, -0.2) is 4.79 Å². The van der Waals surface area contributed by atoms with Gasteiger partial charge in [0.2, 0.25) is 17.7 Å². The van der Waals surface area contributed by atoms with Gasteiger partial charge in [-0.1, -0.05) is 13.8 Å². The Morgan fingerprint density at radius 2 is 1.69 bits per heavy atom. The van der Waals surface area contributed by atoms with Gasteiger partial charge in [-0.3, -0.25) is 14.4 Å².